The van der Waals surface area contributed by atoms with Crippen LogP contribution in [0, 0.1) is 0 Å². The summed E-state index contributed by atoms with van der Waals surface area (Å²) in [6.07, 6.45) is 1.55. The highest BCUT2D eigenvalue weighted by molar-refractivity contribution is 7.12. The van der Waals surface area contributed by atoms with Gasteiger partial charge in [-0.3, -0.25) is 9.69 Å². The standard InChI is InChI=1S/C19H21ClN2O3S/c1-25-19(24)17(14-5-2-3-6-15(14)20)22-10-8-13(9-11-22)21-18(23)16-7-4-12-26-16/h2-7,12-13,17H,8-11H2,1H3,(H,21,23). The van der Waals surface area contributed by atoms with E-state index in [2.05, 4.69) is 10.2 Å². The molecular formula is C19H21ClN2O3S. The summed E-state index contributed by atoms with van der Waals surface area (Å²) >= 11 is 7.74. The van der Waals surface area contributed by atoms with Crippen LogP contribution in [0.3, 0.4) is 0 Å². The molecule has 0 aliphatic carbocycles. The topological polar surface area (TPSA) is 58.6 Å². The minimum Gasteiger partial charge on any atom is -0.468 e. The van der Waals surface area contributed by atoms with Crippen LogP contribution in [0.15, 0.2) is 41.8 Å². The van der Waals surface area contributed by atoms with Gasteiger partial charge in [0.15, 0.2) is 0 Å². The summed E-state index contributed by atoms with van der Waals surface area (Å²) in [6, 6.07) is 10.6. The van der Waals surface area contributed by atoms with Gasteiger partial charge in [-0.1, -0.05) is 35.9 Å². The van der Waals surface area contributed by atoms with E-state index < -0.39 is 6.04 Å². The highest BCUT2D eigenvalue weighted by Crippen LogP contribution is 2.30. The number of amides is 1. The Kier molecular flexibility index (Phi) is 6.29. The van der Waals surface area contributed by atoms with Crippen molar-refractivity contribution in [3.05, 3.63) is 57.2 Å². The van der Waals surface area contributed by atoms with E-state index in [0.717, 1.165) is 23.3 Å². The lowest BCUT2D eigenvalue weighted by molar-refractivity contribution is -0.147. The molecule has 2 heterocycles. The van der Waals surface area contributed by atoms with E-state index in [-0.39, 0.29) is 17.9 Å². The lowest BCUT2D eigenvalue weighted by Crippen LogP contribution is -2.47. The summed E-state index contributed by atoms with van der Waals surface area (Å²) in [5.41, 5.74) is 0.752. The first-order chi connectivity index (χ1) is 12.6. The molecule has 1 atom stereocenters. The van der Waals surface area contributed by atoms with Crippen molar-refractivity contribution in [1.82, 2.24) is 10.2 Å². The van der Waals surface area contributed by atoms with Gasteiger partial charge in [0.25, 0.3) is 5.91 Å². The Morgan fingerprint density at radius 2 is 1.96 bits per heavy atom. The molecule has 1 fully saturated rings. The number of rotatable bonds is 5. The molecule has 1 amide bonds. The van der Waals surface area contributed by atoms with Crippen LogP contribution in [-0.2, 0) is 9.53 Å². The van der Waals surface area contributed by atoms with E-state index in [1.54, 1.807) is 6.07 Å². The number of benzene rings is 1. The van der Waals surface area contributed by atoms with E-state index in [4.69, 9.17) is 16.3 Å². The molecule has 1 unspecified atom stereocenters. The van der Waals surface area contributed by atoms with Gasteiger partial charge in [-0.05, 0) is 35.9 Å². The van der Waals surface area contributed by atoms with Gasteiger partial charge < -0.3 is 10.1 Å². The second kappa shape index (κ2) is 8.66. The van der Waals surface area contributed by atoms with Crippen molar-refractivity contribution in [2.24, 2.45) is 0 Å². The third kappa shape index (κ3) is 4.26. The molecule has 5 nitrogen and oxygen atoms in total. The van der Waals surface area contributed by atoms with Gasteiger partial charge in [0, 0.05) is 24.2 Å². The molecule has 2 aromatic rings. The smallest absolute Gasteiger partial charge is 0.327 e. The maximum Gasteiger partial charge on any atom is 0.327 e. The lowest BCUT2D eigenvalue weighted by Gasteiger charge is -2.36. The van der Waals surface area contributed by atoms with E-state index >= 15 is 0 Å². The molecular weight excluding hydrogens is 372 g/mol. The first-order valence-electron chi connectivity index (χ1n) is 8.51. The minimum absolute atomic E-state index is 0.0333. The van der Waals surface area contributed by atoms with Crippen LogP contribution in [-0.4, -0.2) is 43.0 Å². The van der Waals surface area contributed by atoms with E-state index in [1.165, 1.54) is 18.4 Å². The predicted molar refractivity (Wildman–Crippen MR) is 103 cm³/mol. The number of halogens is 1. The quantitative estimate of drug-likeness (QED) is 0.791. The molecule has 0 saturated carbocycles. The van der Waals surface area contributed by atoms with Crippen molar-refractivity contribution in [3.8, 4) is 0 Å². The zero-order valence-corrected chi connectivity index (χ0v) is 16.1. The van der Waals surface area contributed by atoms with Crippen LogP contribution in [0.25, 0.3) is 0 Å². The van der Waals surface area contributed by atoms with Crippen LogP contribution < -0.4 is 5.32 Å². The summed E-state index contributed by atoms with van der Waals surface area (Å²) in [6.45, 7) is 1.36. The van der Waals surface area contributed by atoms with Gasteiger partial charge in [0.05, 0.1) is 12.0 Å². The van der Waals surface area contributed by atoms with Crippen LogP contribution >= 0.6 is 22.9 Å². The first kappa shape index (κ1) is 18.9. The third-order valence-electron chi connectivity index (χ3n) is 4.60. The Morgan fingerprint density at radius 1 is 1.23 bits per heavy atom. The fraction of sp³-hybridized carbons (Fsp3) is 0.368. The number of hydrogen-bond acceptors (Lipinski definition) is 5. The number of carbonyl (C=O) groups is 2. The largest absolute Gasteiger partial charge is 0.468 e. The van der Waals surface area contributed by atoms with E-state index in [0.29, 0.717) is 18.1 Å². The van der Waals surface area contributed by atoms with Crippen LogP contribution in [0.2, 0.25) is 5.02 Å². The Balaban J connectivity index is 1.65. The SMILES string of the molecule is COC(=O)C(c1ccccc1Cl)N1CCC(NC(=O)c2cccs2)CC1. The molecule has 0 spiro atoms. The summed E-state index contributed by atoms with van der Waals surface area (Å²) in [5, 5.41) is 5.52. The number of piperidine rings is 1. The molecule has 1 aromatic heterocycles. The second-order valence-corrected chi connectivity index (χ2v) is 7.56. The average molecular weight is 393 g/mol. The zero-order chi connectivity index (χ0) is 18.5. The minimum atomic E-state index is -0.525. The highest BCUT2D eigenvalue weighted by Gasteiger charge is 2.33. The van der Waals surface area contributed by atoms with Gasteiger partial charge >= 0.3 is 5.97 Å². The van der Waals surface area contributed by atoms with Crippen molar-refractivity contribution in [3.63, 3.8) is 0 Å². The van der Waals surface area contributed by atoms with Crippen molar-refractivity contribution >= 4 is 34.8 Å². The van der Waals surface area contributed by atoms with Gasteiger partial charge in [-0.2, -0.15) is 0 Å². The molecule has 26 heavy (non-hydrogen) atoms. The van der Waals surface area contributed by atoms with E-state index in [9.17, 15) is 9.59 Å². The Labute approximate surface area is 161 Å². The van der Waals surface area contributed by atoms with Crippen molar-refractivity contribution in [2.75, 3.05) is 20.2 Å². The molecule has 1 saturated heterocycles. The molecule has 1 aliphatic heterocycles. The normalized spacial score (nSPS) is 16.8. The third-order valence-corrected chi connectivity index (χ3v) is 5.81. The molecule has 3 rings (SSSR count). The molecule has 1 aromatic carbocycles. The predicted octanol–water partition coefficient (Wildman–Crippen LogP) is 3.51. The van der Waals surface area contributed by atoms with Gasteiger partial charge in [-0.15, -0.1) is 11.3 Å². The number of methoxy groups -OCH3 is 1. The summed E-state index contributed by atoms with van der Waals surface area (Å²) in [5.74, 6) is -0.353. The lowest BCUT2D eigenvalue weighted by atomic mass is 9.99. The van der Waals surface area contributed by atoms with Crippen molar-refractivity contribution < 1.29 is 14.3 Å². The van der Waals surface area contributed by atoms with Crippen molar-refractivity contribution in [1.29, 1.82) is 0 Å². The number of nitrogens with one attached hydrogen (secondary N) is 1. The number of esters is 1. The fourth-order valence-corrected chi connectivity index (χ4v) is 4.11. The molecule has 1 aliphatic rings. The highest BCUT2D eigenvalue weighted by atomic mass is 35.5. The van der Waals surface area contributed by atoms with Crippen LogP contribution in [0.4, 0.5) is 0 Å². The first-order valence-corrected chi connectivity index (χ1v) is 9.76. The van der Waals surface area contributed by atoms with Crippen LogP contribution in [0.5, 0.6) is 0 Å². The molecule has 138 valence electrons. The Hall–Kier alpha value is -1.89. The molecule has 0 bridgehead atoms. The molecule has 0 radical (unpaired) electrons. The number of nitrogens with zero attached hydrogens (tertiary/aromatic N) is 1. The number of likely N-dealkylation sites (tertiary alicyclic amines) is 1. The summed E-state index contributed by atoms with van der Waals surface area (Å²) in [4.78, 5) is 27.4. The Bertz CT molecular complexity index is 758. The van der Waals surface area contributed by atoms with Gasteiger partial charge in [0.2, 0.25) is 0 Å². The zero-order valence-electron chi connectivity index (χ0n) is 14.5. The molecule has 7 heteroatoms. The second-order valence-electron chi connectivity index (χ2n) is 6.21. The number of ether oxygens (including phenoxy) is 1. The maximum absolute atomic E-state index is 12.4. The monoisotopic (exact) mass is 392 g/mol. The number of hydrogen-bond donors (Lipinski definition) is 1. The number of thiophene rings is 1. The number of carbonyl (C=O) groups excluding carboxylic acids is 2. The summed E-state index contributed by atoms with van der Waals surface area (Å²) < 4.78 is 5.01. The fourth-order valence-electron chi connectivity index (χ4n) is 3.25. The van der Waals surface area contributed by atoms with Crippen LogP contribution in [0.1, 0.15) is 34.1 Å². The Morgan fingerprint density at radius 3 is 2.58 bits per heavy atom. The van der Waals surface area contributed by atoms with Gasteiger partial charge in [0.1, 0.15) is 6.04 Å². The van der Waals surface area contributed by atoms with Gasteiger partial charge in [-0.25, -0.2) is 4.79 Å². The molecule has 1 N–H and O–H groups in total. The summed E-state index contributed by atoms with van der Waals surface area (Å²) in [7, 11) is 1.39. The van der Waals surface area contributed by atoms with Crippen molar-refractivity contribution in [2.45, 2.75) is 24.9 Å². The van der Waals surface area contributed by atoms with E-state index in [1.807, 2.05) is 35.7 Å². The maximum atomic E-state index is 12.4. The average Bonchev–Trinajstić information content (AvgIpc) is 3.19.